The molecule has 3 aromatic rings. The van der Waals surface area contributed by atoms with Gasteiger partial charge in [-0.25, -0.2) is 15.0 Å². The number of carbonyl (C=O) groups is 1. The Morgan fingerprint density at radius 1 is 1.28 bits per heavy atom. The van der Waals surface area contributed by atoms with Crippen LogP contribution in [0.5, 0.6) is 0 Å². The first kappa shape index (κ1) is 16.0. The molecule has 25 heavy (non-hydrogen) atoms. The van der Waals surface area contributed by atoms with E-state index in [4.69, 9.17) is 11.6 Å². The van der Waals surface area contributed by atoms with Crippen LogP contribution in [0.3, 0.4) is 0 Å². The average molecular weight is 356 g/mol. The fourth-order valence-electron chi connectivity index (χ4n) is 3.18. The number of amides is 1. The van der Waals surface area contributed by atoms with Crippen molar-refractivity contribution >= 4 is 28.5 Å². The topological polar surface area (TPSA) is 63.9 Å². The number of fused-ring (bicyclic) bond motifs is 1. The van der Waals surface area contributed by atoms with Gasteiger partial charge in [0.05, 0.1) is 10.6 Å². The Balaban J connectivity index is 1.69. The van der Waals surface area contributed by atoms with Gasteiger partial charge in [0.15, 0.2) is 0 Å². The Labute approximate surface area is 150 Å². The van der Waals surface area contributed by atoms with Crippen molar-refractivity contribution in [3.8, 4) is 5.82 Å². The summed E-state index contributed by atoms with van der Waals surface area (Å²) >= 11 is 6.38. The minimum Gasteiger partial charge on any atom is -0.339 e. The molecule has 0 saturated carbocycles. The van der Waals surface area contributed by atoms with Crippen molar-refractivity contribution in [1.82, 2.24) is 24.4 Å². The Hall–Kier alpha value is -2.47. The highest BCUT2D eigenvalue weighted by atomic mass is 35.5. The zero-order chi connectivity index (χ0) is 17.4. The Kier molecular flexibility index (Phi) is 4.13. The number of nitrogens with zero attached hydrogens (tertiary/aromatic N) is 5. The lowest BCUT2D eigenvalue weighted by atomic mass is 9.99. The van der Waals surface area contributed by atoms with Gasteiger partial charge in [-0.05, 0) is 30.9 Å². The standard InChI is InChI=1S/C18H18ClN5O/c1-12-3-6-23(7-4-12)18(25)13-8-14-15(19)10-24(17(14)21-9-13)16-2-5-20-11-22-16/h2,5,8-12H,3-4,6-7H2,1H3. The molecular weight excluding hydrogens is 338 g/mol. The quantitative estimate of drug-likeness (QED) is 0.707. The summed E-state index contributed by atoms with van der Waals surface area (Å²) in [6.45, 7) is 3.83. The molecule has 0 atom stereocenters. The third-order valence-corrected chi connectivity index (χ3v) is 5.03. The summed E-state index contributed by atoms with van der Waals surface area (Å²) in [6, 6.07) is 3.61. The zero-order valence-electron chi connectivity index (χ0n) is 13.9. The molecule has 0 unspecified atom stereocenters. The molecule has 0 bridgehead atoms. The second-order valence-electron chi connectivity index (χ2n) is 6.48. The van der Waals surface area contributed by atoms with E-state index in [-0.39, 0.29) is 5.91 Å². The van der Waals surface area contributed by atoms with Crippen LogP contribution in [0, 0.1) is 5.92 Å². The third kappa shape index (κ3) is 2.98. The van der Waals surface area contributed by atoms with Crippen molar-refractivity contribution in [3.05, 3.63) is 47.6 Å². The molecule has 4 heterocycles. The molecule has 0 aromatic carbocycles. The Bertz CT molecular complexity index is 916. The van der Waals surface area contributed by atoms with E-state index in [0.717, 1.165) is 31.3 Å². The molecule has 1 amide bonds. The summed E-state index contributed by atoms with van der Waals surface area (Å²) in [4.78, 5) is 27.3. The summed E-state index contributed by atoms with van der Waals surface area (Å²) in [7, 11) is 0. The number of halogens is 1. The Morgan fingerprint density at radius 3 is 2.80 bits per heavy atom. The molecular formula is C18H18ClN5O. The van der Waals surface area contributed by atoms with Crippen LogP contribution in [-0.4, -0.2) is 43.4 Å². The second-order valence-corrected chi connectivity index (χ2v) is 6.89. The van der Waals surface area contributed by atoms with Crippen molar-refractivity contribution in [2.45, 2.75) is 19.8 Å². The van der Waals surface area contributed by atoms with E-state index in [9.17, 15) is 4.79 Å². The van der Waals surface area contributed by atoms with Crippen LogP contribution in [-0.2, 0) is 0 Å². The van der Waals surface area contributed by atoms with E-state index in [1.54, 1.807) is 29.2 Å². The zero-order valence-corrected chi connectivity index (χ0v) is 14.6. The number of hydrogen-bond donors (Lipinski definition) is 0. The molecule has 4 rings (SSSR count). The number of rotatable bonds is 2. The fraction of sp³-hybridized carbons (Fsp3) is 0.333. The van der Waals surface area contributed by atoms with E-state index in [0.29, 0.717) is 28.0 Å². The molecule has 0 spiro atoms. The van der Waals surface area contributed by atoms with Gasteiger partial charge in [0.2, 0.25) is 0 Å². The van der Waals surface area contributed by atoms with Crippen molar-refractivity contribution in [1.29, 1.82) is 0 Å². The molecule has 0 aliphatic carbocycles. The summed E-state index contributed by atoms with van der Waals surface area (Å²) in [5, 5.41) is 1.29. The number of likely N-dealkylation sites (tertiary alicyclic amines) is 1. The minimum atomic E-state index is 0.0205. The van der Waals surface area contributed by atoms with E-state index >= 15 is 0 Å². The summed E-state index contributed by atoms with van der Waals surface area (Å²) in [5.41, 5.74) is 1.25. The molecule has 128 valence electrons. The second kappa shape index (κ2) is 6.44. The van der Waals surface area contributed by atoms with E-state index in [2.05, 4.69) is 21.9 Å². The molecule has 1 fully saturated rings. The maximum Gasteiger partial charge on any atom is 0.255 e. The molecule has 1 saturated heterocycles. The van der Waals surface area contributed by atoms with Gasteiger partial charge in [0.25, 0.3) is 5.91 Å². The highest BCUT2D eigenvalue weighted by Gasteiger charge is 2.22. The van der Waals surface area contributed by atoms with Crippen LogP contribution >= 0.6 is 11.6 Å². The van der Waals surface area contributed by atoms with Gasteiger partial charge in [-0.1, -0.05) is 18.5 Å². The number of aromatic nitrogens is 4. The van der Waals surface area contributed by atoms with Crippen LogP contribution < -0.4 is 0 Å². The van der Waals surface area contributed by atoms with Crippen LogP contribution in [0.25, 0.3) is 16.9 Å². The monoisotopic (exact) mass is 355 g/mol. The molecule has 3 aromatic heterocycles. The van der Waals surface area contributed by atoms with Gasteiger partial charge < -0.3 is 4.90 Å². The van der Waals surface area contributed by atoms with Crippen molar-refractivity contribution in [2.24, 2.45) is 5.92 Å². The number of carbonyl (C=O) groups excluding carboxylic acids is 1. The van der Waals surface area contributed by atoms with Crippen LogP contribution in [0.4, 0.5) is 0 Å². The third-order valence-electron chi connectivity index (χ3n) is 4.73. The summed E-state index contributed by atoms with van der Waals surface area (Å²) < 4.78 is 1.80. The van der Waals surface area contributed by atoms with Gasteiger partial charge in [-0.2, -0.15) is 0 Å². The SMILES string of the molecule is CC1CCN(C(=O)c2cnc3c(c2)c(Cl)cn3-c2ccncn2)CC1. The molecule has 1 aliphatic heterocycles. The minimum absolute atomic E-state index is 0.0205. The molecule has 0 radical (unpaired) electrons. The smallest absolute Gasteiger partial charge is 0.255 e. The lowest BCUT2D eigenvalue weighted by Gasteiger charge is -2.30. The van der Waals surface area contributed by atoms with E-state index in [1.165, 1.54) is 6.33 Å². The molecule has 6 nitrogen and oxygen atoms in total. The maximum atomic E-state index is 12.8. The predicted octanol–water partition coefficient (Wildman–Crippen LogP) is 3.34. The van der Waals surface area contributed by atoms with Gasteiger partial charge in [-0.15, -0.1) is 0 Å². The highest BCUT2D eigenvalue weighted by molar-refractivity contribution is 6.35. The molecule has 1 aliphatic rings. The van der Waals surface area contributed by atoms with Crippen molar-refractivity contribution in [2.75, 3.05) is 13.1 Å². The van der Waals surface area contributed by atoms with Crippen LogP contribution in [0.1, 0.15) is 30.1 Å². The highest BCUT2D eigenvalue weighted by Crippen LogP contribution is 2.28. The fourth-order valence-corrected chi connectivity index (χ4v) is 3.42. The van der Waals surface area contributed by atoms with Gasteiger partial charge >= 0.3 is 0 Å². The van der Waals surface area contributed by atoms with Crippen LogP contribution in [0.15, 0.2) is 37.1 Å². The van der Waals surface area contributed by atoms with Gasteiger partial charge in [0.1, 0.15) is 17.8 Å². The first-order valence-corrected chi connectivity index (χ1v) is 8.73. The Morgan fingerprint density at radius 2 is 2.08 bits per heavy atom. The number of pyridine rings is 1. The van der Waals surface area contributed by atoms with Gasteiger partial charge in [0, 0.05) is 37.1 Å². The molecule has 7 heteroatoms. The molecule has 0 N–H and O–H groups in total. The first-order valence-electron chi connectivity index (χ1n) is 8.36. The summed E-state index contributed by atoms with van der Waals surface area (Å²) in [6.07, 6.45) is 8.62. The van der Waals surface area contributed by atoms with E-state index < -0.39 is 0 Å². The average Bonchev–Trinajstić information content (AvgIpc) is 2.99. The lowest BCUT2D eigenvalue weighted by molar-refractivity contribution is 0.0697. The number of hydrogen-bond acceptors (Lipinski definition) is 4. The van der Waals surface area contributed by atoms with Gasteiger partial charge in [-0.3, -0.25) is 9.36 Å². The normalized spacial score (nSPS) is 15.7. The predicted molar refractivity (Wildman–Crippen MR) is 96.0 cm³/mol. The van der Waals surface area contributed by atoms with Crippen molar-refractivity contribution in [3.63, 3.8) is 0 Å². The first-order chi connectivity index (χ1) is 12.1. The lowest BCUT2D eigenvalue weighted by Crippen LogP contribution is -2.37. The van der Waals surface area contributed by atoms with Crippen LogP contribution in [0.2, 0.25) is 5.02 Å². The van der Waals surface area contributed by atoms with Crippen molar-refractivity contribution < 1.29 is 4.79 Å². The summed E-state index contributed by atoms with van der Waals surface area (Å²) in [5.74, 6) is 1.39. The maximum absolute atomic E-state index is 12.8. The number of piperidine rings is 1. The van der Waals surface area contributed by atoms with E-state index in [1.807, 2.05) is 11.0 Å². The largest absolute Gasteiger partial charge is 0.339 e.